The zero-order valence-corrected chi connectivity index (χ0v) is 14.1. The summed E-state index contributed by atoms with van der Waals surface area (Å²) >= 11 is 0. The third kappa shape index (κ3) is 3.30. The first-order valence-corrected chi connectivity index (χ1v) is 8.44. The molecule has 2 aromatic heterocycles. The molecule has 0 spiro atoms. The lowest BCUT2D eigenvalue weighted by Crippen LogP contribution is -2.49. The Kier molecular flexibility index (Phi) is 4.27. The van der Waals surface area contributed by atoms with E-state index in [-0.39, 0.29) is 12.2 Å². The highest BCUT2D eigenvalue weighted by atomic mass is 16.6. The van der Waals surface area contributed by atoms with Crippen LogP contribution in [-0.4, -0.2) is 73.4 Å². The van der Waals surface area contributed by atoms with Gasteiger partial charge in [0.1, 0.15) is 11.6 Å². The van der Waals surface area contributed by atoms with Gasteiger partial charge in [-0.2, -0.15) is 0 Å². The molecular weight excluding hydrogens is 322 g/mol. The highest BCUT2D eigenvalue weighted by Gasteiger charge is 2.27. The van der Waals surface area contributed by atoms with Gasteiger partial charge in [-0.25, -0.2) is 9.78 Å². The van der Waals surface area contributed by atoms with Crippen molar-refractivity contribution in [3.05, 3.63) is 24.4 Å². The predicted molar refractivity (Wildman–Crippen MR) is 93.0 cm³/mol. The molecule has 1 amide bonds. The molecular formula is C17H21N5O3. The SMILES string of the molecule is COc1ccc2nccc(N3CCN(CC4CNC(=O)O4)CC3)c2n1. The molecule has 1 N–H and O–H groups in total. The van der Waals surface area contributed by atoms with Crippen molar-refractivity contribution in [1.82, 2.24) is 20.2 Å². The van der Waals surface area contributed by atoms with E-state index in [1.165, 1.54) is 0 Å². The molecule has 2 aromatic rings. The number of amides is 1. The second kappa shape index (κ2) is 6.72. The van der Waals surface area contributed by atoms with Crippen molar-refractivity contribution in [2.45, 2.75) is 6.10 Å². The van der Waals surface area contributed by atoms with Crippen LogP contribution in [0.25, 0.3) is 11.0 Å². The van der Waals surface area contributed by atoms with Gasteiger partial charge in [-0.3, -0.25) is 9.88 Å². The van der Waals surface area contributed by atoms with Crippen molar-refractivity contribution in [1.29, 1.82) is 0 Å². The Bertz CT molecular complexity index is 776. The molecule has 1 unspecified atom stereocenters. The van der Waals surface area contributed by atoms with Crippen LogP contribution in [0.2, 0.25) is 0 Å². The summed E-state index contributed by atoms with van der Waals surface area (Å²) < 4.78 is 10.5. The average molecular weight is 343 g/mol. The number of ether oxygens (including phenoxy) is 2. The molecule has 1 atom stereocenters. The smallest absolute Gasteiger partial charge is 0.407 e. The minimum absolute atomic E-state index is 0.0493. The van der Waals surface area contributed by atoms with E-state index in [0.29, 0.717) is 12.4 Å². The van der Waals surface area contributed by atoms with E-state index in [1.54, 1.807) is 7.11 Å². The number of methoxy groups -OCH3 is 1. The zero-order valence-electron chi connectivity index (χ0n) is 14.1. The number of carbonyl (C=O) groups is 1. The van der Waals surface area contributed by atoms with Crippen molar-refractivity contribution < 1.29 is 14.3 Å². The molecule has 2 saturated heterocycles. The molecule has 4 heterocycles. The molecule has 0 saturated carbocycles. The van der Waals surface area contributed by atoms with E-state index >= 15 is 0 Å². The summed E-state index contributed by atoms with van der Waals surface area (Å²) in [4.78, 5) is 24.7. The van der Waals surface area contributed by atoms with Crippen LogP contribution >= 0.6 is 0 Å². The maximum absolute atomic E-state index is 11.1. The van der Waals surface area contributed by atoms with Crippen LogP contribution in [0.15, 0.2) is 24.4 Å². The van der Waals surface area contributed by atoms with Crippen molar-refractivity contribution >= 4 is 22.8 Å². The Balaban J connectivity index is 1.45. The second-order valence-corrected chi connectivity index (χ2v) is 6.25. The van der Waals surface area contributed by atoms with Gasteiger partial charge in [-0.1, -0.05) is 0 Å². The maximum atomic E-state index is 11.1. The number of piperazine rings is 1. The number of aromatic nitrogens is 2. The van der Waals surface area contributed by atoms with E-state index in [2.05, 4.69) is 25.1 Å². The lowest BCUT2D eigenvalue weighted by Gasteiger charge is -2.36. The van der Waals surface area contributed by atoms with Crippen LogP contribution in [0.5, 0.6) is 5.88 Å². The molecule has 0 bridgehead atoms. The topological polar surface area (TPSA) is 79.8 Å². The number of hydrogen-bond acceptors (Lipinski definition) is 7. The largest absolute Gasteiger partial charge is 0.481 e. The zero-order chi connectivity index (χ0) is 17.2. The van der Waals surface area contributed by atoms with Gasteiger partial charge >= 0.3 is 6.09 Å². The van der Waals surface area contributed by atoms with Crippen LogP contribution in [0, 0.1) is 0 Å². The summed E-state index contributed by atoms with van der Waals surface area (Å²) in [6, 6.07) is 5.77. The number of nitrogens with zero attached hydrogens (tertiary/aromatic N) is 4. The fourth-order valence-electron chi connectivity index (χ4n) is 3.36. The minimum Gasteiger partial charge on any atom is -0.481 e. The third-order valence-corrected chi connectivity index (χ3v) is 4.67. The molecule has 0 aromatic carbocycles. The Morgan fingerprint density at radius 3 is 2.84 bits per heavy atom. The third-order valence-electron chi connectivity index (χ3n) is 4.67. The molecule has 132 valence electrons. The highest BCUT2D eigenvalue weighted by Crippen LogP contribution is 2.26. The molecule has 2 aliphatic rings. The van der Waals surface area contributed by atoms with Gasteiger partial charge in [0.25, 0.3) is 0 Å². The number of cyclic esters (lactones) is 1. The summed E-state index contributed by atoms with van der Waals surface area (Å²) in [6.07, 6.45) is 1.46. The number of carbonyl (C=O) groups excluding carboxylic acids is 1. The number of alkyl carbamates (subject to hydrolysis) is 1. The fourth-order valence-corrected chi connectivity index (χ4v) is 3.36. The average Bonchev–Trinajstić information content (AvgIpc) is 3.06. The van der Waals surface area contributed by atoms with Crippen LogP contribution < -0.4 is 15.0 Å². The molecule has 25 heavy (non-hydrogen) atoms. The normalized spacial score (nSPS) is 21.2. The summed E-state index contributed by atoms with van der Waals surface area (Å²) in [5, 5.41) is 2.70. The Morgan fingerprint density at radius 1 is 1.28 bits per heavy atom. The van der Waals surface area contributed by atoms with Crippen molar-refractivity contribution in [3.63, 3.8) is 0 Å². The lowest BCUT2D eigenvalue weighted by molar-refractivity contribution is 0.106. The van der Waals surface area contributed by atoms with Gasteiger partial charge in [0.2, 0.25) is 5.88 Å². The van der Waals surface area contributed by atoms with Gasteiger partial charge in [0.15, 0.2) is 0 Å². The Hall–Kier alpha value is -2.61. The summed E-state index contributed by atoms with van der Waals surface area (Å²) in [7, 11) is 1.62. The van der Waals surface area contributed by atoms with Crippen molar-refractivity contribution in [2.24, 2.45) is 0 Å². The summed E-state index contributed by atoms with van der Waals surface area (Å²) in [5.74, 6) is 0.593. The fraction of sp³-hybridized carbons (Fsp3) is 0.471. The van der Waals surface area contributed by atoms with Crippen LogP contribution in [-0.2, 0) is 4.74 Å². The van der Waals surface area contributed by atoms with E-state index in [0.717, 1.165) is 49.4 Å². The number of pyridine rings is 2. The summed E-state index contributed by atoms with van der Waals surface area (Å²) in [5.41, 5.74) is 2.81. The number of anilines is 1. The molecule has 2 fully saturated rings. The number of fused-ring (bicyclic) bond motifs is 1. The molecule has 2 aliphatic heterocycles. The number of hydrogen-bond donors (Lipinski definition) is 1. The Labute approximate surface area is 145 Å². The van der Waals surface area contributed by atoms with Crippen LogP contribution in [0.3, 0.4) is 0 Å². The van der Waals surface area contributed by atoms with E-state index in [4.69, 9.17) is 9.47 Å². The quantitative estimate of drug-likeness (QED) is 0.882. The summed E-state index contributed by atoms with van der Waals surface area (Å²) in [6.45, 7) is 5.00. The molecule has 8 heteroatoms. The molecule has 0 aliphatic carbocycles. The standard InChI is InChI=1S/C17H21N5O3/c1-24-15-3-2-13-16(20-15)14(4-5-18-13)22-8-6-21(7-9-22)11-12-10-19-17(23)25-12/h2-5,12H,6-11H2,1H3,(H,19,23). The van der Waals surface area contributed by atoms with Gasteiger partial charge in [-0.15, -0.1) is 0 Å². The van der Waals surface area contributed by atoms with Crippen molar-refractivity contribution in [3.8, 4) is 5.88 Å². The van der Waals surface area contributed by atoms with Crippen molar-refractivity contribution in [2.75, 3.05) is 51.3 Å². The molecule has 4 rings (SSSR count). The first-order chi connectivity index (χ1) is 12.2. The van der Waals surface area contributed by atoms with Crippen LogP contribution in [0.4, 0.5) is 10.5 Å². The monoisotopic (exact) mass is 343 g/mol. The Morgan fingerprint density at radius 2 is 2.12 bits per heavy atom. The van der Waals surface area contributed by atoms with E-state index in [1.807, 2.05) is 24.4 Å². The molecule has 0 radical (unpaired) electrons. The van der Waals surface area contributed by atoms with E-state index in [9.17, 15) is 4.79 Å². The first-order valence-electron chi connectivity index (χ1n) is 8.44. The van der Waals surface area contributed by atoms with E-state index < -0.39 is 0 Å². The second-order valence-electron chi connectivity index (χ2n) is 6.25. The minimum atomic E-state index is -0.313. The maximum Gasteiger partial charge on any atom is 0.407 e. The highest BCUT2D eigenvalue weighted by molar-refractivity contribution is 5.88. The number of nitrogens with one attached hydrogen (secondary N) is 1. The number of rotatable bonds is 4. The van der Waals surface area contributed by atoms with Gasteiger partial charge in [-0.05, 0) is 12.1 Å². The van der Waals surface area contributed by atoms with Crippen LogP contribution in [0.1, 0.15) is 0 Å². The van der Waals surface area contributed by atoms with Gasteiger partial charge in [0.05, 0.1) is 24.9 Å². The van der Waals surface area contributed by atoms with Gasteiger partial charge in [0, 0.05) is 45.0 Å². The lowest BCUT2D eigenvalue weighted by atomic mass is 10.2. The van der Waals surface area contributed by atoms with Gasteiger partial charge < -0.3 is 19.7 Å². The predicted octanol–water partition coefficient (Wildman–Crippen LogP) is 0.869. The first kappa shape index (κ1) is 15.9. The molecule has 8 nitrogen and oxygen atoms in total.